The summed E-state index contributed by atoms with van der Waals surface area (Å²) in [5.74, 6) is 1.58. The normalized spacial score (nSPS) is 12.5. The molecule has 1 aliphatic rings. The van der Waals surface area contributed by atoms with E-state index in [0.29, 0.717) is 0 Å². The van der Waals surface area contributed by atoms with Gasteiger partial charge in [-0.15, -0.1) is 0 Å². The SMILES string of the molecule is COc1cc2c(cc1OC)NC2. The van der Waals surface area contributed by atoms with E-state index in [-0.39, 0.29) is 0 Å². The summed E-state index contributed by atoms with van der Waals surface area (Å²) in [6, 6.07) is 3.96. The molecule has 1 aromatic rings. The molecule has 2 rings (SSSR count). The molecule has 0 unspecified atom stereocenters. The zero-order valence-electron chi connectivity index (χ0n) is 7.18. The third kappa shape index (κ3) is 0.897. The second-order valence-electron chi connectivity index (χ2n) is 2.72. The van der Waals surface area contributed by atoms with Gasteiger partial charge in [0, 0.05) is 18.3 Å². The maximum absolute atomic E-state index is 5.15. The quantitative estimate of drug-likeness (QED) is 0.722. The van der Waals surface area contributed by atoms with Crippen molar-refractivity contribution in [2.75, 3.05) is 19.5 Å². The Labute approximate surface area is 71.3 Å². The first kappa shape index (κ1) is 7.28. The average Bonchev–Trinajstić information content (AvgIpc) is 2.07. The summed E-state index contributed by atoms with van der Waals surface area (Å²) in [4.78, 5) is 0. The minimum atomic E-state index is 0.781. The van der Waals surface area contributed by atoms with Crippen LogP contribution in [0.3, 0.4) is 0 Å². The van der Waals surface area contributed by atoms with Crippen LogP contribution < -0.4 is 14.8 Å². The lowest BCUT2D eigenvalue weighted by Crippen LogP contribution is -2.13. The van der Waals surface area contributed by atoms with Crippen LogP contribution in [-0.2, 0) is 6.54 Å². The number of hydrogen-bond donors (Lipinski definition) is 1. The lowest BCUT2D eigenvalue weighted by Gasteiger charge is -2.23. The van der Waals surface area contributed by atoms with Crippen LogP contribution in [0.2, 0.25) is 0 Å². The molecule has 0 aliphatic carbocycles. The van der Waals surface area contributed by atoms with Gasteiger partial charge in [0.05, 0.1) is 14.2 Å². The summed E-state index contributed by atoms with van der Waals surface area (Å²) in [5, 5.41) is 3.18. The van der Waals surface area contributed by atoms with Crippen molar-refractivity contribution in [2.45, 2.75) is 6.54 Å². The molecule has 3 heteroatoms. The molecule has 0 radical (unpaired) electrons. The molecule has 12 heavy (non-hydrogen) atoms. The Morgan fingerprint density at radius 3 is 2.33 bits per heavy atom. The maximum atomic E-state index is 5.15. The topological polar surface area (TPSA) is 30.5 Å². The average molecular weight is 165 g/mol. The van der Waals surface area contributed by atoms with Crippen LogP contribution in [0.25, 0.3) is 0 Å². The minimum absolute atomic E-state index is 0.781. The van der Waals surface area contributed by atoms with Gasteiger partial charge in [-0.05, 0) is 11.6 Å². The Bertz CT molecular complexity index is 279. The molecule has 0 amide bonds. The Morgan fingerprint density at radius 1 is 1.17 bits per heavy atom. The third-order valence-corrected chi connectivity index (χ3v) is 2.08. The third-order valence-electron chi connectivity index (χ3n) is 2.08. The van der Waals surface area contributed by atoms with E-state index in [4.69, 9.17) is 9.47 Å². The molecule has 1 aromatic carbocycles. The first-order chi connectivity index (χ1) is 5.85. The van der Waals surface area contributed by atoms with Crippen LogP contribution in [-0.4, -0.2) is 14.2 Å². The Morgan fingerprint density at radius 2 is 1.83 bits per heavy atom. The second-order valence-corrected chi connectivity index (χ2v) is 2.72. The predicted molar refractivity (Wildman–Crippen MR) is 46.9 cm³/mol. The highest BCUT2D eigenvalue weighted by Gasteiger charge is 2.16. The fourth-order valence-electron chi connectivity index (χ4n) is 1.32. The molecule has 0 atom stereocenters. The minimum Gasteiger partial charge on any atom is -0.493 e. The van der Waals surface area contributed by atoms with E-state index in [0.717, 1.165) is 23.7 Å². The van der Waals surface area contributed by atoms with Crippen LogP contribution in [0.15, 0.2) is 12.1 Å². The monoisotopic (exact) mass is 165 g/mol. The van der Waals surface area contributed by atoms with Gasteiger partial charge in [-0.3, -0.25) is 0 Å². The Hall–Kier alpha value is -1.38. The van der Waals surface area contributed by atoms with E-state index in [1.54, 1.807) is 14.2 Å². The van der Waals surface area contributed by atoms with Crippen LogP contribution in [0.5, 0.6) is 11.5 Å². The van der Waals surface area contributed by atoms with Gasteiger partial charge in [0.25, 0.3) is 0 Å². The van der Waals surface area contributed by atoms with E-state index in [9.17, 15) is 0 Å². The fraction of sp³-hybridized carbons (Fsp3) is 0.333. The summed E-state index contributed by atoms with van der Waals surface area (Å²) in [7, 11) is 3.29. The molecular weight excluding hydrogens is 154 g/mol. The molecule has 0 bridgehead atoms. The Balaban J connectivity index is 2.46. The van der Waals surface area contributed by atoms with Crippen molar-refractivity contribution >= 4 is 5.69 Å². The van der Waals surface area contributed by atoms with Crippen molar-refractivity contribution in [1.29, 1.82) is 0 Å². The van der Waals surface area contributed by atoms with Gasteiger partial charge in [0.15, 0.2) is 11.5 Å². The van der Waals surface area contributed by atoms with Crippen molar-refractivity contribution in [2.24, 2.45) is 0 Å². The van der Waals surface area contributed by atoms with Gasteiger partial charge in [-0.1, -0.05) is 0 Å². The van der Waals surface area contributed by atoms with E-state index >= 15 is 0 Å². The highest BCUT2D eigenvalue weighted by Crippen LogP contribution is 2.37. The molecule has 3 nitrogen and oxygen atoms in total. The van der Waals surface area contributed by atoms with Gasteiger partial charge in [-0.2, -0.15) is 0 Å². The molecule has 0 spiro atoms. The maximum Gasteiger partial charge on any atom is 0.162 e. The summed E-state index contributed by atoms with van der Waals surface area (Å²) in [6.07, 6.45) is 0. The van der Waals surface area contributed by atoms with Crippen LogP contribution in [0, 0.1) is 0 Å². The van der Waals surface area contributed by atoms with E-state index in [1.165, 1.54) is 5.56 Å². The van der Waals surface area contributed by atoms with Gasteiger partial charge < -0.3 is 14.8 Å². The number of nitrogens with one attached hydrogen (secondary N) is 1. The summed E-state index contributed by atoms with van der Waals surface area (Å²) >= 11 is 0. The summed E-state index contributed by atoms with van der Waals surface area (Å²) < 4.78 is 10.3. The zero-order valence-corrected chi connectivity index (χ0v) is 7.18. The van der Waals surface area contributed by atoms with Gasteiger partial charge >= 0.3 is 0 Å². The van der Waals surface area contributed by atoms with Gasteiger partial charge in [0.1, 0.15) is 0 Å². The number of anilines is 1. The molecule has 0 saturated heterocycles. The van der Waals surface area contributed by atoms with Crippen LogP contribution in [0.4, 0.5) is 5.69 Å². The van der Waals surface area contributed by atoms with Crippen molar-refractivity contribution in [1.82, 2.24) is 0 Å². The Kier molecular flexibility index (Phi) is 1.57. The van der Waals surface area contributed by atoms with E-state index in [1.807, 2.05) is 12.1 Å². The lowest BCUT2D eigenvalue weighted by atomic mass is 10.1. The largest absolute Gasteiger partial charge is 0.493 e. The summed E-state index contributed by atoms with van der Waals surface area (Å²) in [5.41, 5.74) is 2.43. The molecule has 0 aromatic heterocycles. The zero-order chi connectivity index (χ0) is 8.55. The number of fused-ring (bicyclic) bond motifs is 1. The fourth-order valence-corrected chi connectivity index (χ4v) is 1.32. The van der Waals surface area contributed by atoms with Gasteiger partial charge in [-0.25, -0.2) is 0 Å². The van der Waals surface area contributed by atoms with Gasteiger partial charge in [0.2, 0.25) is 0 Å². The molecular formula is C9H11NO2. The molecule has 64 valence electrons. The molecule has 1 N–H and O–H groups in total. The molecule has 0 saturated carbocycles. The predicted octanol–water partition coefficient (Wildman–Crippen LogP) is 1.63. The van der Waals surface area contributed by atoms with E-state index < -0.39 is 0 Å². The first-order valence-electron chi connectivity index (χ1n) is 3.84. The van der Waals surface area contributed by atoms with Crippen molar-refractivity contribution < 1.29 is 9.47 Å². The second kappa shape index (κ2) is 2.59. The smallest absolute Gasteiger partial charge is 0.162 e. The lowest BCUT2D eigenvalue weighted by molar-refractivity contribution is 0.354. The molecule has 0 fully saturated rings. The number of rotatable bonds is 2. The summed E-state index contributed by atoms with van der Waals surface area (Å²) in [6.45, 7) is 0.926. The number of hydrogen-bond acceptors (Lipinski definition) is 3. The molecule has 1 aliphatic heterocycles. The number of ether oxygens (including phenoxy) is 2. The van der Waals surface area contributed by atoms with Crippen molar-refractivity contribution in [3.63, 3.8) is 0 Å². The van der Waals surface area contributed by atoms with Crippen LogP contribution >= 0.6 is 0 Å². The first-order valence-corrected chi connectivity index (χ1v) is 3.84. The number of methoxy groups -OCH3 is 2. The van der Waals surface area contributed by atoms with Crippen molar-refractivity contribution in [3.8, 4) is 11.5 Å². The highest BCUT2D eigenvalue weighted by atomic mass is 16.5. The van der Waals surface area contributed by atoms with Crippen molar-refractivity contribution in [3.05, 3.63) is 17.7 Å². The number of benzene rings is 1. The standard InChI is InChI=1S/C9H11NO2/c1-11-8-3-6-5-10-7(6)4-9(8)12-2/h3-4,10H,5H2,1-2H3. The highest BCUT2D eigenvalue weighted by molar-refractivity contribution is 5.66. The molecule has 1 heterocycles. The van der Waals surface area contributed by atoms with Crippen LogP contribution in [0.1, 0.15) is 5.56 Å². The van der Waals surface area contributed by atoms with E-state index in [2.05, 4.69) is 5.32 Å².